The van der Waals surface area contributed by atoms with Gasteiger partial charge < -0.3 is 4.74 Å². The van der Waals surface area contributed by atoms with Crippen LogP contribution in [0.4, 0.5) is 5.13 Å². The first-order valence-corrected chi connectivity index (χ1v) is 9.15. The van der Waals surface area contributed by atoms with Crippen molar-refractivity contribution in [3.8, 4) is 17.0 Å². The number of thiazole rings is 1. The van der Waals surface area contributed by atoms with E-state index in [9.17, 15) is 4.79 Å². The van der Waals surface area contributed by atoms with E-state index in [0.29, 0.717) is 10.6 Å². The largest absolute Gasteiger partial charge is 0.496 e. The van der Waals surface area contributed by atoms with Crippen molar-refractivity contribution in [1.29, 1.82) is 0 Å². The number of hydrogen-bond acceptors (Lipinski definition) is 6. The Kier molecular flexibility index (Phi) is 4.52. The molecule has 1 amide bonds. The van der Waals surface area contributed by atoms with Crippen LogP contribution in [0.1, 0.15) is 16.1 Å². The maximum Gasteiger partial charge on any atom is 0.277 e. The molecule has 4 rings (SSSR count). The van der Waals surface area contributed by atoms with E-state index in [-0.39, 0.29) is 11.6 Å². The molecule has 0 saturated heterocycles. The van der Waals surface area contributed by atoms with Crippen molar-refractivity contribution < 1.29 is 9.53 Å². The van der Waals surface area contributed by atoms with E-state index in [1.807, 2.05) is 54.8 Å². The van der Waals surface area contributed by atoms with Gasteiger partial charge in [-0.25, -0.2) is 9.97 Å². The van der Waals surface area contributed by atoms with Gasteiger partial charge in [0.25, 0.3) is 5.91 Å². The van der Waals surface area contributed by atoms with Gasteiger partial charge in [0.05, 0.1) is 30.0 Å². The first kappa shape index (κ1) is 17.1. The molecule has 0 radical (unpaired) electrons. The summed E-state index contributed by atoms with van der Waals surface area (Å²) in [6.45, 7) is 1.98. The molecule has 4 aromatic rings. The summed E-state index contributed by atoms with van der Waals surface area (Å²) in [5.74, 6) is 0.498. The van der Waals surface area contributed by atoms with Crippen molar-refractivity contribution in [3.05, 3.63) is 65.3 Å². The van der Waals surface area contributed by atoms with Gasteiger partial charge in [0.2, 0.25) is 0 Å². The third kappa shape index (κ3) is 3.50. The molecule has 1 N–H and O–H groups in total. The first-order valence-electron chi connectivity index (χ1n) is 8.28. The summed E-state index contributed by atoms with van der Waals surface area (Å²) >= 11 is 1.36. The van der Waals surface area contributed by atoms with Crippen LogP contribution in [0.25, 0.3) is 22.3 Å². The number of aromatic nitrogens is 3. The highest BCUT2D eigenvalue weighted by Crippen LogP contribution is 2.29. The SMILES string of the molecule is COc1ccc(-c2csc(NC(=O)c3cnc4ccccc4n3)n2)cc1C. The van der Waals surface area contributed by atoms with Gasteiger partial charge in [-0.2, -0.15) is 0 Å². The number of para-hydroxylation sites is 2. The lowest BCUT2D eigenvalue weighted by atomic mass is 10.1. The monoisotopic (exact) mass is 376 g/mol. The lowest BCUT2D eigenvalue weighted by molar-refractivity contribution is 0.102. The zero-order valence-corrected chi connectivity index (χ0v) is 15.6. The van der Waals surface area contributed by atoms with Crippen molar-refractivity contribution in [3.63, 3.8) is 0 Å². The van der Waals surface area contributed by atoms with Gasteiger partial charge in [-0.15, -0.1) is 11.3 Å². The number of carbonyl (C=O) groups excluding carboxylic acids is 1. The Labute approximate surface area is 159 Å². The number of fused-ring (bicyclic) bond motifs is 1. The Bertz CT molecular complexity index is 1140. The van der Waals surface area contributed by atoms with Crippen molar-refractivity contribution in [2.24, 2.45) is 0 Å². The van der Waals surface area contributed by atoms with E-state index in [1.165, 1.54) is 17.5 Å². The highest BCUT2D eigenvalue weighted by molar-refractivity contribution is 7.14. The van der Waals surface area contributed by atoms with Gasteiger partial charge in [-0.3, -0.25) is 15.1 Å². The van der Waals surface area contributed by atoms with Crippen LogP contribution in [-0.2, 0) is 0 Å². The number of nitrogens with zero attached hydrogens (tertiary/aromatic N) is 3. The zero-order valence-electron chi connectivity index (χ0n) is 14.8. The second-order valence-electron chi connectivity index (χ2n) is 5.92. The highest BCUT2D eigenvalue weighted by atomic mass is 32.1. The minimum atomic E-state index is -0.333. The van der Waals surface area contributed by atoms with E-state index in [4.69, 9.17) is 4.74 Å². The summed E-state index contributed by atoms with van der Waals surface area (Å²) in [6, 6.07) is 13.3. The molecule has 27 heavy (non-hydrogen) atoms. The summed E-state index contributed by atoms with van der Waals surface area (Å²) in [7, 11) is 1.65. The zero-order chi connectivity index (χ0) is 18.8. The first-order chi connectivity index (χ1) is 13.1. The standard InChI is InChI=1S/C20H16N4O2S/c1-12-9-13(7-8-18(12)26-2)17-11-27-20(23-17)24-19(25)16-10-21-14-5-3-4-6-15(14)22-16/h3-11H,1-2H3,(H,23,24,25). The summed E-state index contributed by atoms with van der Waals surface area (Å²) in [4.78, 5) is 25.6. The number of amides is 1. The summed E-state index contributed by atoms with van der Waals surface area (Å²) in [6.07, 6.45) is 1.47. The van der Waals surface area contributed by atoms with E-state index < -0.39 is 0 Å². The van der Waals surface area contributed by atoms with E-state index in [2.05, 4.69) is 20.3 Å². The third-order valence-electron chi connectivity index (χ3n) is 4.10. The van der Waals surface area contributed by atoms with Crippen LogP contribution >= 0.6 is 11.3 Å². The van der Waals surface area contributed by atoms with Crippen molar-refractivity contribution in [2.75, 3.05) is 12.4 Å². The second-order valence-corrected chi connectivity index (χ2v) is 6.78. The summed E-state index contributed by atoms with van der Waals surface area (Å²) in [5.41, 5.74) is 4.48. The molecule has 2 heterocycles. The Morgan fingerprint density at radius 3 is 2.70 bits per heavy atom. The van der Waals surface area contributed by atoms with Crippen LogP contribution in [0.2, 0.25) is 0 Å². The lowest BCUT2D eigenvalue weighted by Gasteiger charge is -2.05. The molecule has 2 aromatic heterocycles. The fourth-order valence-corrected chi connectivity index (χ4v) is 3.44. The van der Waals surface area contributed by atoms with Crippen LogP contribution < -0.4 is 10.1 Å². The number of anilines is 1. The Balaban J connectivity index is 1.54. The van der Waals surface area contributed by atoms with Crippen LogP contribution in [0.3, 0.4) is 0 Å². The minimum Gasteiger partial charge on any atom is -0.496 e. The van der Waals surface area contributed by atoms with Crippen LogP contribution in [0, 0.1) is 6.92 Å². The molecule has 0 spiro atoms. The topological polar surface area (TPSA) is 77.0 Å². The molecule has 0 aliphatic heterocycles. The van der Waals surface area contributed by atoms with E-state index >= 15 is 0 Å². The van der Waals surface area contributed by atoms with Gasteiger partial charge in [-0.05, 0) is 42.8 Å². The second kappa shape index (κ2) is 7.13. The lowest BCUT2D eigenvalue weighted by Crippen LogP contribution is -2.14. The van der Waals surface area contributed by atoms with Crippen LogP contribution in [-0.4, -0.2) is 28.0 Å². The number of rotatable bonds is 4. The molecule has 0 aliphatic rings. The smallest absolute Gasteiger partial charge is 0.277 e. The highest BCUT2D eigenvalue weighted by Gasteiger charge is 2.13. The molecule has 0 bridgehead atoms. The van der Waals surface area contributed by atoms with E-state index in [0.717, 1.165) is 28.1 Å². The average molecular weight is 376 g/mol. The number of ether oxygens (including phenoxy) is 1. The fourth-order valence-electron chi connectivity index (χ4n) is 2.73. The number of carbonyl (C=O) groups is 1. The number of methoxy groups -OCH3 is 1. The number of aryl methyl sites for hydroxylation is 1. The maximum absolute atomic E-state index is 12.5. The molecule has 0 saturated carbocycles. The number of hydrogen-bond donors (Lipinski definition) is 1. The van der Waals surface area contributed by atoms with Gasteiger partial charge in [-0.1, -0.05) is 12.1 Å². The summed E-state index contributed by atoms with van der Waals surface area (Å²) < 4.78 is 5.29. The molecule has 0 unspecified atom stereocenters. The van der Waals surface area contributed by atoms with E-state index in [1.54, 1.807) is 7.11 Å². The van der Waals surface area contributed by atoms with Gasteiger partial charge in [0, 0.05) is 10.9 Å². The Morgan fingerprint density at radius 2 is 1.93 bits per heavy atom. The molecule has 0 fully saturated rings. The van der Waals surface area contributed by atoms with Gasteiger partial charge >= 0.3 is 0 Å². The van der Waals surface area contributed by atoms with Gasteiger partial charge in [0.15, 0.2) is 5.13 Å². The minimum absolute atomic E-state index is 0.255. The Hall–Kier alpha value is -3.32. The molecule has 0 aliphatic carbocycles. The normalized spacial score (nSPS) is 10.7. The molecular formula is C20H16N4O2S. The molecular weight excluding hydrogens is 360 g/mol. The predicted molar refractivity (Wildman–Crippen MR) is 106 cm³/mol. The third-order valence-corrected chi connectivity index (χ3v) is 4.85. The maximum atomic E-state index is 12.5. The molecule has 2 aromatic carbocycles. The van der Waals surface area contributed by atoms with Crippen LogP contribution in [0.15, 0.2) is 54.0 Å². The fraction of sp³-hybridized carbons (Fsp3) is 0.100. The Morgan fingerprint density at radius 1 is 1.11 bits per heavy atom. The van der Waals surface area contributed by atoms with Crippen molar-refractivity contribution in [1.82, 2.24) is 15.0 Å². The quantitative estimate of drug-likeness (QED) is 0.574. The average Bonchev–Trinajstić information content (AvgIpc) is 3.16. The summed E-state index contributed by atoms with van der Waals surface area (Å²) in [5, 5.41) is 5.21. The molecule has 134 valence electrons. The van der Waals surface area contributed by atoms with Gasteiger partial charge in [0.1, 0.15) is 11.4 Å². The van der Waals surface area contributed by atoms with Crippen molar-refractivity contribution in [2.45, 2.75) is 6.92 Å². The van der Waals surface area contributed by atoms with Crippen molar-refractivity contribution >= 4 is 33.4 Å². The molecule has 7 heteroatoms. The number of benzene rings is 2. The molecule has 6 nitrogen and oxygen atoms in total. The predicted octanol–water partition coefficient (Wildman–Crippen LogP) is 4.32. The number of nitrogens with one attached hydrogen (secondary N) is 1. The molecule has 0 atom stereocenters. The van der Waals surface area contributed by atoms with Crippen LogP contribution in [0.5, 0.6) is 5.75 Å².